The molecule has 0 aromatic carbocycles. The van der Waals surface area contributed by atoms with Crippen LogP contribution in [0.1, 0.15) is 59.3 Å². The fourth-order valence-corrected chi connectivity index (χ4v) is 3.73. The van der Waals surface area contributed by atoms with Gasteiger partial charge in [-0.15, -0.1) is 0 Å². The van der Waals surface area contributed by atoms with Crippen LogP contribution in [0.3, 0.4) is 0 Å². The first-order valence-corrected chi connectivity index (χ1v) is 10.6. The second-order valence-electron chi connectivity index (χ2n) is 7.77. The topological polar surface area (TPSA) is 120 Å². The Balaban J connectivity index is 2.70. The molecular weight excluding hydrogens is 384 g/mol. The summed E-state index contributed by atoms with van der Waals surface area (Å²) in [6.07, 6.45) is 5.56. The van der Waals surface area contributed by atoms with E-state index >= 15 is 0 Å². The standard InChI is InChI=1S/C19H35ClN4O4/c1-4-14(12(2)3)22-16(26)10-21-19(28)17(13-8-6-5-7-9-13)23-18(27)15(11-25)24-20/h12-15,17,24-25H,4-11H2,1-3H3,(H,21,28)(H,22,26)(H,23,27)/t14?,15-,17?/m1/s1. The van der Waals surface area contributed by atoms with Crippen molar-refractivity contribution in [3.8, 4) is 0 Å². The zero-order valence-electron chi connectivity index (χ0n) is 17.1. The summed E-state index contributed by atoms with van der Waals surface area (Å²) < 4.78 is 0. The van der Waals surface area contributed by atoms with E-state index in [9.17, 15) is 19.5 Å². The van der Waals surface area contributed by atoms with E-state index in [0.717, 1.165) is 38.5 Å². The lowest BCUT2D eigenvalue weighted by Gasteiger charge is -2.31. The Kier molecular flexibility index (Phi) is 11.4. The molecule has 0 radical (unpaired) electrons. The summed E-state index contributed by atoms with van der Waals surface area (Å²) in [6, 6.07) is -1.70. The zero-order chi connectivity index (χ0) is 21.1. The van der Waals surface area contributed by atoms with Gasteiger partial charge in [0.15, 0.2) is 0 Å². The van der Waals surface area contributed by atoms with Gasteiger partial charge in [-0.2, -0.15) is 0 Å². The lowest BCUT2D eigenvalue weighted by atomic mass is 9.83. The molecule has 0 spiro atoms. The molecule has 3 amide bonds. The third-order valence-electron chi connectivity index (χ3n) is 5.35. The zero-order valence-corrected chi connectivity index (χ0v) is 17.8. The number of aliphatic hydroxyl groups excluding tert-OH is 1. The van der Waals surface area contributed by atoms with Gasteiger partial charge in [-0.05, 0) is 42.9 Å². The van der Waals surface area contributed by atoms with Crippen molar-refractivity contribution >= 4 is 29.5 Å². The number of carbonyl (C=O) groups excluding carboxylic acids is 3. The molecule has 0 aliphatic heterocycles. The summed E-state index contributed by atoms with van der Waals surface area (Å²) in [4.78, 5) is 39.4. The van der Waals surface area contributed by atoms with E-state index in [1.165, 1.54) is 0 Å². The highest BCUT2D eigenvalue weighted by Crippen LogP contribution is 2.26. The highest BCUT2D eigenvalue weighted by Gasteiger charge is 2.32. The Morgan fingerprint density at radius 1 is 1.07 bits per heavy atom. The number of aliphatic hydroxyl groups is 1. The van der Waals surface area contributed by atoms with Crippen LogP contribution in [-0.2, 0) is 14.4 Å². The molecule has 0 saturated heterocycles. The molecule has 8 nitrogen and oxygen atoms in total. The van der Waals surface area contributed by atoms with Gasteiger partial charge in [0.25, 0.3) is 0 Å². The molecule has 9 heteroatoms. The first kappa shape index (κ1) is 24.7. The van der Waals surface area contributed by atoms with Gasteiger partial charge in [0.2, 0.25) is 17.7 Å². The van der Waals surface area contributed by atoms with Crippen LogP contribution >= 0.6 is 11.8 Å². The Bertz CT molecular complexity index is 508. The van der Waals surface area contributed by atoms with Crippen LogP contribution in [-0.4, -0.2) is 54.1 Å². The van der Waals surface area contributed by atoms with E-state index in [4.69, 9.17) is 11.8 Å². The maximum absolute atomic E-state index is 12.7. The van der Waals surface area contributed by atoms with E-state index in [0.29, 0.717) is 5.92 Å². The van der Waals surface area contributed by atoms with E-state index in [2.05, 4.69) is 20.8 Å². The first-order chi connectivity index (χ1) is 13.3. The molecule has 5 N–H and O–H groups in total. The average Bonchev–Trinajstić information content (AvgIpc) is 2.69. The first-order valence-electron chi connectivity index (χ1n) is 10.2. The normalized spacial score (nSPS) is 18.2. The highest BCUT2D eigenvalue weighted by atomic mass is 35.5. The second kappa shape index (κ2) is 13.0. The molecule has 1 aliphatic carbocycles. The van der Waals surface area contributed by atoms with Gasteiger partial charge in [-0.25, -0.2) is 4.84 Å². The molecule has 0 aromatic rings. The summed E-state index contributed by atoms with van der Waals surface area (Å²) in [5.41, 5.74) is 0. The second-order valence-corrected chi connectivity index (χ2v) is 7.99. The predicted molar refractivity (Wildman–Crippen MR) is 108 cm³/mol. The molecule has 1 rings (SSSR count). The van der Waals surface area contributed by atoms with Crippen LogP contribution in [0.2, 0.25) is 0 Å². The minimum atomic E-state index is -1.000. The molecule has 1 saturated carbocycles. The van der Waals surface area contributed by atoms with Crippen molar-refractivity contribution in [2.45, 2.75) is 77.4 Å². The minimum Gasteiger partial charge on any atom is -0.394 e. The molecule has 3 atom stereocenters. The molecule has 1 aliphatic rings. The van der Waals surface area contributed by atoms with Crippen molar-refractivity contribution < 1.29 is 19.5 Å². The van der Waals surface area contributed by atoms with Gasteiger partial charge < -0.3 is 21.1 Å². The largest absolute Gasteiger partial charge is 0.394 e. The summed E-state index contributed by atoms with van der Waals surface area (Å²) in [5, 5.41) is 17.5. The predicted octanol–water partition coefficient (Wildman–Crippen LogP) is 0.823. The molecule has 0 aromatic heterocycles. The average molecular weight is 419 g/mol. The van der Waals surface area contributed by atoms with E-state index in [-0.39, 0.29) is 30.3 Å². The Morgan fingerprint density at radius 3 is 2.21 bits per heavy atom. The Morgan fingerprint density at radius 2 is 1.71 bits per heavy atom. The molecule has 2 unspecified atom stereocenters. The maximum Gasteiger partial charge on any atom is 0.243 e. The number of hydrogen-bond acceptors (Lipinski definition) is 5. The molecule has 0 heterocycles. The fraction of sp³-hybridized carbons (Fsp3) is 0.842. The highest BCUT2D eigenvalue weighted by molar-refractivity contribution is 6.15. The third kappa shape index (κ3) is 7.93. The van der Waals surface area contributed by atoms with Gasteiger partial charge in [0.05, 0.1) is 13.2 Å². The van der Waals surface area contributed by atoms with Crippen molar-refractivity contribution in [2.75, 3.05) is 13.2 Å². The van der Waals surface area contributed by atoms with Crippen LogP contribution in [0, 0.1) is 11.8 Å². The number of rotatable bonds is 11. The van der Waals surface area contributed by atoms with Crippen molar-refractivity contribution in [1.29, 1.82) is 0 Å². The van der Waals surface area contributed by atoms with Gasteiger partial charge in [-0.3, -0.25) is 14.4 Å². The van der Waals surface area contributed by atoms with Crippen LogP contribution in [0.4, 0.5) is 0 Å². The number of hydrogen-bond donors (Lipinski definition) is 5. The van der Waals surface area contributed by atoms with Crippen molar-refractivity contribution in [1.82, 2.24) is 20.8 Å². The lowest BCUT2D eigenvalue weighted by Crippen LogP contribution is -2.56. The quantitative estimate of drug-likeness (QED) is 0.318. The summed E-state index contributed by atoms with van der Waals surface area (Å²) >= 11 is 5.48. The van der Waals surface area contributed by atoms with Crippen LogP contribution in [0.15, 0.2) is 0 Å². The van der Waals surface area contributed by atoms with Crippen LogP contribution in [0.5, 0.6) is 0 Å². The molecule has 162 valence electrons. The molecule has 1 fully saturated rings. The number of halogens is 1. The Labute approximate surface area is 172 Å². The molecule has 0 bridgehead atoms. The van der Waals surface area contributed by atoms with Crippen molar-refractivity contribution in [3.05, 3.63) is 0 Å². The Hall–Kier alpha value is -1.38. The molecule has 28 heavy (non-hydrogen) atoms. The smallest absolute Gasteiger partial charge is 0.243 e. The van der Waals surface area contributed by atoms with Gasteiger partial charge >= 0.3 is 0 Å². The minimum absolute atomic E-state index is 0.00511. The van der Waals surface area contributed by atoms with Gasteiger partial charge in [0, 0.05) is 6.04 Å². The summed E-state index contributed by atoms with van der Waals surface area (Å²) in [7, 11) is 0. The maximum atomic E-state index is 12.7. The number of amides is 3. The summed E-state index contributed by atoms with van der Waals surface area (Å²) in [6.45, 7) is 5.44. The number of carbonyl (C=O) groups is 3. The fourth-order valence-electron chi connectivity index (χ4n) is 3.56. The van der Waals surface area contributed by atoms with Crippen LogP contribution in [0.25, 0.3) is 0 Å². The van der Waals surface area contributed by atoms with Crippen molar-refractivity contribution in [3.63, 3.8) is 0 Å². The van der Waals surface area contributed by atoms with E-state index < -0.39 is 24.6 Å². The third-order valence-corrected chi connectivity index (χ3v) is 5.61. The van der Waals surface area contributed by atoms with Crippen LogP contribution < -0.4 is 20.8 Å². The lowest BCUT2D eigenvalue weighted by molar-refractivity contribution is -0.133. The van der Waals surface area contributed by atoms with Gasteiger partial charge in [0.1, 0.15) is 12.1 Å². The summed E-state index contributed by atoms with van der Waals surface area (Å²) in [5.74, 6) is -0.886. The molecular formula is C19H35ClN4O4. The van der Waals surface area contributed by atoms with E-state index in [1.54, 1.807) is 0 Å². The van der Waals surface area contributed by atoms with E-state index in [1.807, 2.05) is 20.8 Å². The monoisotopic (exact) mass is 418 g/mol. The number of nitrogens with one attached hydrogen (secondary N) is 4. The van der Waals surface area contributed by atoms with Gasteiger partial charge in [-0.1, -0.05) is 40.0 Å². The van der Waals surface area contributed by atoms with Crippen molar-refractivity contribution in [2.24, 2.45) is 11.8 Å². The SMILES string of the molecule is CCC(NC(=O)CNC(=O)C(NC(=O)[C@@H](CO)NCl)C1CCCCC1)C(C)C.